The number of hydrogen-bond acceptors (Lipinski definition) is 9. The van der Waals surface area contributed by atoms with E-state index in [0.717, 1.165) is 9.79 Å². The normalized spacial score (nSPS) is 11.5. The molecule has 0 saturated heterocycles. The highest BCUT2D eigenvalue weighted by molar-refractivity contribution is 8.08. The van der Waals surface area contributed by atoms with Crippen LogP contribution in [-0.2, 0) is 41.7 Å². The van der Waals surface area contributed by atoms with Gasteiger partial charge in [0.15, 0.2) is 0 Å². The average Bonchev–Trinajstić information content (AvgIpc) is 3.04. The molecule has 0 aromatic heterocycles. The van der Waals surface area contributed by atoms with Crippen molar-refractivity contribution in [3.05, 3.63) is 109 Å². The van der Waals surface area contributed by atoms with Gasteiger partial charge in [-0.2, -0.15) is 0 Å². The maximum absolute atomic E-state index is 5.61. The Morgan fingerprint density at radius 3 is 1.17 bits per heavy atom. The first kappa shape index (κ1) is 34.9. The molecule has 4 aromatic rings. The lowest BCUT2D eigenvalue weighted by molar-refractivity contribution is 0.272. The van der Waals surface area contributed by atoms with Gasteiger partial charge in [0.1, 0.15) is 11.5 Å². The van der Waals surface area contributed by atoms with Crippen molar-refractivity contribution >= 4 is 67.3 Å². The van der Waals surface area contributed by atoms with Gasteiger partial charge in [-0.05, 0) is 73.2 Å². The minimum absolute atomic E-state index is 0.149. The summed E-state index contributed by atoms with van der Waals surface area (Å²) in [5, 5.41) is 2.95. The largest absolute Gasteiger partial charge is 0.424 e. The Morgan fingerprint density at radius 1 is 0.548 bits per heavy atom. The summed E-state index contributed by atoms with van der Waals surface area (Å²) in [4.78, 5) is 2.08. The molecule has 0 radical (unpaired) electrons. The standard InChI is InChI=1S/C16H20O6P2S3.C14H15P/c1-17-23(25,18-2)21-13-5-9-15(10-6-13)27-16-11-7-14(8-12-16)22-24(26,19-3)20-4;1-2-15(13-9-5-3-6-10-13)14-11-7-4-8-12-14/h5-12H,1-4H3;3-12H,2H2,1H3. The predicted octanol–water partition coefficient (Wildman–Crippen LogP) is 8.77. The summed E-state index contributed by atoms with van der Waals surface area (Å²) in [6, 6.07) is 36.7. The molecule has 12 heteroatoms. The van der Waals surface area contributed by atoms with Crippen molar-refractivity contribution in [1.82, 2.24) is 0 Å². The van der Waals surface area contributed by atoms with E-state index in [-0.39, 0.29) is 7.92 Å². The van der Waals surface area contributed by atoms with Gasteiger partial charge in [-0.3, -0.25) is 0 Å². The second-order valence-corrected chi connectivity index (χ2v) is 18.2. The Balaban J connectivity index is 0.000000271. The van der Waals surface area contributed by atoms with Crippen LogP contribution in [0, 0.1) is 0 Å². The maximum Gasteiger partial charge on any atom is 0.380 e. The van der Waals surface area contributed by atoms with Crippen LogP contribution in [-0.4, -0.2) is 34.6 Å². The third-order valence-electron chi connectivity index (χ3n) is 5.66. The molecule has 0 saturated carbocycles. The molecule has 0 spiro atoms. The molecule has 0 atom stereocenters. The minimum atomic E-state index is -2.73. The average molecular weight is 681 g/mol. The lowest BCUT2D eigenvalue weighted by atomic mass is 10.3. The van der Waals surface area contributed by atoms with Gasteiger partial charge in [0.25, 0.3) is 0 Å². The SMILES string of the molecule is CCP(c1ccccc1)c1ccccc1.COP(=S)(OC)Oc1ccc(Sc2ccc(OP(=S)(OC)OC)cc2)cc1. The number of rotatable bonds is 13. The third-order valence-corrected chi connectivity index (χ3v) is 14.0. The van der Waals surface area contributed by atoms with Gasteiger partial charge >= 0.3 is 13.4 Å². The van der Waals surface area contributed by atoms with Crippen LogP contribution in [0.15, 0.2) is 119 Å². The third kappa shape index (κ3) is 10.8. The summed E-state index contributed by atoms with van der Waals surface area (Å²) in [7, 11) is 5.74. The highest BCUT2D eigenvalue weighted by Crippen LogP contribution is 2.49. The molecule has 4 aromatic carbocycles. The Kier molecular flexibility index (Phi) is 14.6. The van der Waals surface area contributed by atoms with E-state index in [1.165, 1.54) is 45.2 Å². The smallest absolute Gasteiger partial charge is 0.380 e. The molecule has 4 rings (SSSR count). The topological polar surface area (TPSA) is 55.4 Å². The van der Waals surface area contributed by atoms with Gasteiger partial charge in [-0.1, -0.05) is 79.3 Å². The van der Waals surface area contributed by atoms with E-state index in [1.54, 1.807) is 11.8 Å². The quantitative estimate of drug-likeness (QED) is 0.129. The summed E-state index contributed by atoms with van der Waals surface area (Å²) >= 11 is 12.0. The van der Waals surface area contributed by atoms with Crippen LogP contribution in [0.3, 0.4) is 0 Å². The van der Waals surface area contributed by atoms with Crippen LogP contribution < -0.4 is 19.7 Å². The second-order valence-electron chi connectivity index (χ2n) is 8.27. The number of hydrogen-bond donors (Lipinski definition) is 0. The molecule has 0 unspecified atom stereocenters. The molecule has 6 nitrogen and oxygen atoms in total. The molecular weight excluding hydrogens is 645 g/mol. The monoisotopic (exact) mass is 680 g/mol. The molecule has 0 amide bonds. The van der Waals surface area contributed by atoms with E-state index >= 15 is 0 Å². The van der Waals surface area contributed by atoms with E-state index < -0.39 is 13.4 Å². The van der Waals surface area contributed by atoms with Gasteiger partial charge in [0.2, 0.25) is 0 Å². The summed E-state index contributed by atoms with van der Waals surface area (Å²) in [6.07, 6.45) is 1.21. The van der Waals surface area contributed by atoms with Crippen molar-refractivity contribution < 1.29 is 27.1 Å². The van der Waals surface area contributed by atoms with Crippen LogP contribution in [0.5, 0.6) is 11.5 Å². The molecule has 0 heterocycles. The zero-order valence-electron chi connectivity index (χ0n) is 24.1. The van der Waals surface area contributed by atoms with Gasteiger partial charge in [-0.25, -0.2) is 0 Å². The van der Waals surface area contributed by atoms with Gasteiger partial charge in [0, 0.05) is 61.8 Å². The van der Waals surface area contributed by atoms with Gasteiger partial charge < -0.3 is 27.1 Å². The minimum Gasteiger partial charge on any atom is -0.424 e. The number of benzene rings is 4. The zero-order chi connectivity index (χ0) is 30.4. The summed E-state index contributed by atoms with van der Waals surface area (Å²) in [5.74, 6) is 1.19. The van der Waals surface area contributed by atoms with Crippen LogP contribution in [0.2, 0.25) is 0 Å². The molecule has 224 valence electrons. The van der Waals surface area contributed by atoms with Crippen molar-refractivity contribution in [2.75, 3.05) is 34.6 Å². The van der Waals surface area contributed by atoms with Crippen molar-refractivity contribution in [2.24, 2.45) is 0 Å². The molecule has 42 heavy (non-hydrogen) atoms. The fourth-order valence-corrected chi connectivity index (χ4v) is 8.34. The fourth-order valence-electron chi connectivity index (χ4n) is 3.56. The van der Waals surface area contributed by atoms with Crippen molar-refractivity contribution in [1.29, 1.82) is 0 Å². The summed E-state index contributed by atoms with van der Waals surface area (Å²) in [5.41, 5.74) is 0. The van der Waals surface area contributed by atoms with Crippen LogP contribution in [0.25, 0.3) is 0 Å². The molecule has 0 fully saturated rings. The molecular formula is C30H35O6P3S3. The van der Waals surface area contributed by atoms with Crippen molar-refractivity contribution in [2.45, 2.75) is 16.7 Å². The van der Waals surface area contributed by atoms with Gasteiger partial charge in [0.05, 0.1) is 0 Å². The molecule has 0 bridgehead atoms. The van der Waals surface area contributed by atoms with Crippen LogP contribution >= 0.6 is 33.1 Å². The Bertz CT molecular complexity index is 1320. The van der Waals surface area contributed by atoms with E-state index in [0.29, 0.717) is 11.5 Å². The Hall–Kier alpha value is -1.60. The maximum atomic E-state index is 5.61. The lowest BCUT2D eigenvalue weighted by Crippen LogP contribution is -2.12. The lowest BCUT2D eigenvalue weighted by Gasteiger charge is -2.18. The summed E-state index contributed by atoms with van der Waals surface area (Å²) in [6.45, 7) is -3.18. The van der Waals surface area contributed by atoms with E-state index in [4.69, 9.17) is 50.8 Å². The highest BCUT2D eigenvalue weighted by Gasteiger charge is 2.19. The van der Waals surface area contributed by atoms with E-state index in [2.05, 4.69) is 67.6 Å². The van der Waals surface area contributed by atoms with E-state index in [9.17, 15) is 0 Å². The summed E-state index contributed by atoms with van der Waals surface area (Å²) < 4.78 is 31.7. The second kappa shape index (κ2) is 17.6. The highest BCUT2D eigenvalue weighted by atomic mass is 32.5. The van der Waals surface area contributed by atoms with Gasteiger partial charge in [-0.15, -0.1) is 0 Å². The van der Waals surface area contributed by atoms with Crippen LogP contribution in [0.1, 0.15) is 6.92 Å². The molecule has 0 aliphatic heterocycles. The molecule has 0 aliphatic rings. The zero-order valence-corrected chi connectivity index (χ0v) is 29.2. The van der Waals surface area contributed by atoms with Crippen molar-refractivity contribution in [3.63, 3.8) is 0 Å². The molecule has 0 N–H and O–H groups in total. The fraction of sp³-hybridized carbons (Fsp3) is 0.200. The Morgan fingerprint density at radius 2 is 0.881 bits per heavy atom. The van der Waals surface area contributed by atoms with E-state index in [1.807, 2.05) is 48.5 Å². The first-order chi connectivity index (χ1) is 20.3. The Labute approximate surface area is 265 Å². The predicted molar refractivity (Wildman–Crippen MR) is 184 cm³/mol. The first-order valence-electron chi connectivity index (χ1n) is 12.8. The molecule has 0 aliphatic carbocycles. The van der Waals surface area contributed by atoms with Crippen molar-refractivity contribution in [3.8, 4) is 11.5 Å². The van der Waals surface area contributed by atoms with Crippen LogP contribution in [0.4, 0.5) is 0 Å². The first-order valence-corrected chi connectivity index (χ1v) is 20.3.